The van der Waals surface area contributed by atoms with Crippen molar-refractivity contribution in [1.29, 1.82) is 0 Å². The van der Waals surface area contributed by atoms with Crippen LogP contribution in [0, 0.1) is 19.7 Å². The Kier molecular flexibility index (Phi) is 5.66. The molecule has 2 aromatic carbocycles. The van der Waals surface area contributed by atoms with E-state index in [1.807, 2.05) is 19.9 Å². The van der Waals surface area contributed by atoms with Crippen molar-refractivity contribution in [1.82, 2.24) is 15.4 Å². The number of carbonyl (C=O) groups is 1. The number of hydrogen-bond donors (Lipinski definition) is 2. The van der Waals surface area contributed by atoms with E-state index in [1.165, 1.54) is 12.1 Å². The molecule has 6 nitrogen and oxygen atoms in total. The summed E-state index contributed by atoms with van der Waals surface area (Å²) < 4.78 is 20.7. The SMILES string of the molecule is Cc1cc(C)nc(NNC(=O)c2ccc(Oc3ccc(Br)cc3)c(F)c2)n1. The lowest BCUT2D eigenvalue weighted by atomic mass is 10.2. The molecule has 0 aliphatic carbocycles. The molecular formula is C19H16BrFN4O2. The molecule has 0 unspecified atom stereocenters. The third-order valence-corrected chi connectivity index (χ3v) is 4.03. The minimum absolute atomic E-state index is 0.0273. The van der Waals surface area contributed by atoms with E-state index in [-0.39, 0.29) is 17.3 Å². The van der Waals surface area contributed by atoms with Crippen molar-refractivity contribution in [2.24, 2.45) is 0 Å². The number of nitrogens with one attached hydrogen (secondary N) is 2. The lowest BCUT2D eigenvalue weighted by Gasteiger charge is -2.10. The highest BCUT2D eigenvalue weighted by Crippen LogP contribution is 2.26. The molecule has 1 aromatic heterocycles. The summed E-state index contributed by atoms with van der Waals surface area (Å²) in [5.74, 6) is -0.390. The number of halogens is 2. The van der Waals surface area contributed by atoms with E-state index in [4.69, 9.17) is 4.74 Å². The van der Waals surface area contributed by atoms with E-state index in [2.05, 4.69) is 36.7 Å². The lowest BCUT2D eigenvalue weighted by Crippen LogP contribution is -2.30. The smallest absolute Gasteiger partial charge is 0.269 e. The quantitative estimate of drug-likeness (QED) is 0.580. The van der Waals surface area contributed by atoms with Gasteiger partial charge in [0, 0.05) is 21.4 Å². The third-order valence-electron chi connectivity index (χ3n) is 3.51. The largest absolute Gasteiger partial charge is 0.454 e. The van der Waals surface area contributed by atoms with Crippen molar-refractivity contribution in [3.05, 3.63) is 75.8 Å². The van der Waals surface area contributed by atoms with E-state index >= 15 is 0 Å². The van der Waals surface area contributed by atoms with Gasteiger partial charge in [0.1, 0.15) is 5.75 Å². The first kappa shape index (κ1) is 18.8. The van der Waals surface area contributed by atoms with E-state index in [0.29, 0.717) is 5.75 Å². The molecule has 27 heavy (non-hydrogen) atoms. The number of amides is 1. The summed E-state index contributed by atoms with van der Waals surface area (Å²) in [4.78, 5) is 20.5. The van der Waals surface area contributed by atoms with Crippen molar-refractivity contribution in [2.45, 2.75) is 13.8 Å². The van der Waals surface area contributed by atoms with Gasteiger partial charge in [-0.3, -0.25) is 15.6 Å². The van der Waals surface area contributed by atoms with Gasteiger partial charge in [0.15, 0.2) is 11.6 Å². The van der Waals surface area contributed by atoms with Crippen LogP contribution in [0.1, 0.15) is 21.7 Å². The Balaban J connectivity index is 1.67. The number of carbonyl (C=O) groups excluding carboxylic acids is 1. The number of rotatable bonds is 5. The number of nitrogens with zero attached hydrogens (tertiary/aromatic N) is 2. The van der Waals surface area contributed by atoms with Crippen LogP contribution in [0.3, 0.4) is 0 Å². The van der Waals surface area contributed by atoms with Crippen molar-refractivity contribution in [3.8, 4) is 11.5 Å². The van der Waals surface area contributed by atoms with Crippen LogP contribution in [0.25, 0.3) is 0 Å². The third kappa shape index (κ3) is 5.01. The summed E-state index contributed by atoms with van der Waals surface area (Å²) in [6.45, 7) is 3.64. The molecule has 0 radical (unpaired) electrons. The molecular weight excluding hydrogens is 415 g/mol. The van der Waals surface area contributed by atoms with Gasteiger partial charge in [0.25, 0.3) is 5.91 Å². The Hall–Kier alpha value is -3.00. The summed E-state index contributed by atoms with van der Waals surface area (Å²) in [6, 6.07) is 12.8. The minimum atomic E-state index is -0.645. The lowest BCUT2D eigenvalue weighted by molar-refractivity contribution is 0.0961. The molecule has 0 aliphatic rings. The van der Waals surface area contributed by atoms with E-state index < -0.39 is 11.7 Å². The van der Waals surface area contributed by atoms with E-state index in [1.54, 1.807) is 24.3 Å². The van der Waals surface area contributed by atoms with Crippen LogP contribution >= 0.6 is 15.9 Å². The van der Waals surface area contributed by atoms with Crippen LogP contribution in [0.15, 0.2) is 53.0 Å². The average Bonchev–Trinajstić information content (AvgIpc) is 2.62. The Morgan fingerprint density at radius 2 is 1.70 bits per heavy atom. The van der Waals surface area contributed by atoms with Crippen molar-refractivity contribution >= 4 is 27.8 Å². The van der Waals surface area contributed by atoms with Gasteiger partial charge in [0.2, 0.25) is 5.95 Å². The molecule has 3 rings (SSSR count). The number of anilines is 1. The summed E-state index contributed by atoms with van der Waals surface area (Å²) in [7, 11) is 0. The number of aromatic nitrogens is 2. The zero-order chi connectivity index (χ0) is 19.4. The van der Waals surface area contributed by atoms with Crippen LogP contribution in [0.2, 0.25) is 0 Å². The zero-order valence-electron chi connectivity index (χ0n) is 14.6. The van der Waals surface area contributed by atoms with Gasteiger partial charge in [-0.05, 0) is 62.4 Å². The molecule has 0 aliphatic heterocycles. The fourth-order valence-electron chi connectivity index (χ4n) is 2.32. The predicted octanol–water partition coefficient (Wildman–Crippen LogP) is 4.54. The fourth-order valence-corrected chi connectivity index (χ4v) is 2.59. The number of benzene rings is 2. The van der Waals surface area contributed by atoms with Crippen LogP contribution in [0.5, 0.6) is 11.5 Å². The molecule has 0 saturated heterocycles. The first-order valence-corrected chi connectivity index (χ1v) is 8.81. The molecule has 0 bridgehead atoms. The average molecular weight is 431 g/mol. The monoisotopic (exact) mass is 430 g/mol. The van der Waals surface area contributed by atoms with Gasteiger partial charge < -0.3 is 4.74 Å². The second-order valence-electron chi connectivity index (χ2n) is 5.75. The second-order valence-corrected chi connectivity index (χ2v) is 6.67. The summed E-state index contributed by atoms with van der Waals surface area (Å²) in [5.41, 5.74) is 6.73. The van der Waals surface area contributed by atoms with Crippen molar-refractivity contribution in [3.63, 3.8) is 0 Å². The number of aryl methyl sites for hydroxylation is 2. The Morgan fingerprint density at radius 1 is 1.04 bits per heavy atom. The van der Waals surface area contributed by atoms with E-state index in [9.17, 15) is 9.18 Å². The topological polar surface area (TPSA) is 76.1 Å². The first-order chi connectivity index (χ1) is 12.9. The first-order valence-electron chi connectivity index (χ1n) is 8.02. The van der Waals surface area contributed by atoms with Gasteiger partial charge in [0.05, 0.1) is 0 Å². The van der Waals surface area contributed by atoms with Crippen LogP contribution < -0.4 is 15.6 Å². The standard InChI is InChI=1S/C19H16BrFN4O2/c1-11-9-12(2)23-19(22-11)25-24-18(26)13-3-8-17(16(21)10-13)27-15-6-4-14(20)5-7-15/h3-10H,1-2H3,(H,24,26)(H,22,23,25). The molecule has 0 atom stereocenters. The molecule has 1 heterocycles. The molecule has 0 fully saturated rings. The maximum atomic E-state index is 14.3. The van der Waals surface area contributed by atoms with Crippen LogP contribution in [0.4, 0.5) is 10.3 Å². The van der Waals surface area contributed by atoms with Gasteiger partial charge in [-0.1, -0.05) is 15.9 Å². The second kappa shape index (κ2) is 8.13. The maximum Gasteiger partial charge on any atom is 0.269 e. The van der Waals surface area contributed by atoms with E-state index in [0.717, 1.165) is 21.9 Å². The summed E-state index contributed by atoms with van der Waals surface area (Å²) in [5, 5.41) is 0. The summed E-state index contributed by atoms with van der Waals surface area (Å²) >= 11 is 3.32. The number of ether oxygens (including phenoxy) is 1. The number of hydrogen-bond acceptors (Lipinski definition) is 5. The molecule has 2 N–H and O–H groups in total. The molecule has 1 amide bonds. The molecule has 0 spiro atoms. The van der Waals surface area contributed by atoms with Gasteiger partial charge in [-0.15, -0.1) is 0 Å². The highest BCUT2D eigenvalue weighted by Gasteiger charge is 2.12. The molecule has 8 heteroatoms. The fraction of sp³-hybridized carbons (Fsp3) is 0.105. The van der Waals surface area contributed by atoms with Gasteiger partial charge in [-0.25, -0.2) is 14.4 Å². The Bertz CT molecular complexity index is 960. The molecule has 138 valence electrons. The summed E-state index contributed by atoms with van der Waals surface area (Å²) in [6.07, 6.45) is 0. The van der Waals surface area contributed by atoms with Crippen molar-refractivity contribution in [2.75, 3.05) is 5.43 Å². The van der Waals surface area contributed by atoms with Crippen LogP contribution in [-0.2, 0) is 0 Å². The van der Waals surface area contributed by atoms with Gasteiger partial charge in [-0.2, -0.15) is 0 Å². The van der Waals surface area contributed by atoms with Crippen molar-refractivity contribution < 1.29 is 13.9 Å². The Morgan fingerprint density at radius 3 is 2.33 bits per heavy atom. The molecule has 3 aromatic rings. The normalized spacial score (nSPS) is 10.4. The van der Waals surface area contributed by atoms with Gasteiger partial charge >= 0.3 is 0 Å². The highest BCUT2D eigenvalue weighted by molar-refractivity contribution is 9.10. The predicted molar refractivity (Wildman–Crippen MR) is 103 cm³/mol. The van der Waals surface area contributed by atoms with Crippen LogP contribution in [-0.4, -0.2) is 15.9 Å². The Labute approximate surface area is 163 Å². The molecule has 0 saturated carbocycles. The number of hydrazine groups is 1. The highest BCUT2D eigenvalue weighted by atomic mass is 79.9. The zero-order valence-corrected chi connectivity index (χ0v) is 16.2. The maximum absolute atomic E-state index is 14.3. The minimum Gasteiger partial charge on any atom is -0.454 e.